The van der Waals surface area contributed by atoms with Gasteiger partial charge in [-0.3, -0.25) is 0 Å². The summed E-state index contributed by atoms with van der Waals surface area (Å²) in [7, 11) is 0. The molecule has 0 unspecified atom stereocenters. The molecule has 0 saturated carbocycles. The summed E-state index contributed by atoms with van der Waals surface area (Å²) in [5, 5.41) is 8.53. The number of rotatable bonds is 2. The van der Waals surface area contributed by atoms with Gasteiger partial charge in [-0.1, -0.05) is 0 Å². The van der Waals surface area contributed by atoms with Crippen molar-refractivity contribution in [2.24, 2.45) is 0 Å². The van der Waals surface area contributed by atoms with Crippen molar-refractivity contribution in [3.05, 3.63) is 29.1 Å². The fourth-order valence-electron chi connectivity index (χ4n) is 1.07. The molecule has 0 aliphatic carbocycles. The quantitative estimate of drug-likeness (QED) is 0.748. The zero-order valence-corrected chi connectivity index (χ0v) is 8.71. The van der Waals surface area contributed by atoms with Gasteiger partial charge < -0.3 is 4.74 Å². The largest absolute Gasteiger partial charge is 0.462 e. The van der Waals surface area contributed by atoms with Crippen LogP contribution >= 0.6 is 0 Å². The Bertz CT molecular complexity index is 477. The number of hydrogen-bond donors (Lipinski definition) is 0. The fraction of sp³-hybridized carbons (Fsp3) is 0.300. The molecule has 0 aliphatic rings. The lowest BCUT2D eigenvalue weighted by Gasteiger charge is -2.08. The lowest BCUT2D eigenvalue weighted by Crippen LogP contribution is -2.13. The second kappa shape index (κ2) is 4.82. The van der Waals surface area contributed by atoms with E-state index < -0.39 is 23.5 Å². The van der Waals surface area contributed by atoms with Crippen LogP contribution < -0.4 is 0 Å². The summed E-state index contributed by atoms with van der Waals surface area (Å²) >= 11 is 0. The lowest BCUT2D eigenvalue weighted by molar-refractivity contribution is -0.141. The third kappa shape index (κ3) is 3.17. The predicted molar refractivity (Wildman–Crippen MR) is 49.9 cm³/mol. The van der Waals surface area contributed by atoms with Gasteiger partial charge in [0.15, 0.2) is 0 Å². The van der Waals surface area contributed by atoms with Crippen molar-refractivity contribution in [1.82, 2.24) is 4.98 Å². The van der Waals surface area contributed by atoms with Crippen LogP contribution in [0.5, 0.6) is 0 Å². The summed E-state index contributed by atoms with van der Waals surface area (Å²) in [6.07, 6.45) is -4.71. The molecule has 1 aromatic rings. The second-order valence-corrected chi connectivity index (χ2v) is 2.96. The number of aromatic nitrogens is 1. The Balaban J connectivity index is 3.25. The Labute approximate surface area is 94.6 Å². The molecule has 0 fully saturated rings. The van der Waals surface area contributed by atoms with Gasteiger partial charge in [-0.05, 0) is 19.1 Å². The van der Waals surface area contributed by atoms with E-state index in [2.05, 4.69) is 9.72 Å². The van der Waals surface area contributed by atoms with Gasteiger partial charge in [-0.15, -0.1) is 0 Å². The van der Waals surface area contributed by atoms with Gasteiger partial charge in [0.2, 0.25) is 0 Å². The second-order valence-electron chi connectivity index (χ2n) is 2.96. The summed E-state index contributed by atoms with van der Waals surface area (Å²) in [4.78, 5) is 14.3. The first-order valence-corrected chi connectivity index (χ1v) is 4.55. The lowest BCUT2D eigenvalue weighted by atomic mass is 10.2. The summed E-state index contributed by atoms with van der Waals surface area (Å²) in [5.74, 6) is -0.920. The zero-order valence-electron chi connectivity index (χ0n) is 8.71. The molecule has 0 aliphatic heterocycles. The van der Waals surface area contributed by atoms with Crippen LogP contribution in [0, 0.1) is 11.3 Å². The van der Waals surface area contributed by atoms with Crippen molar-refractivity contribution in [3.8, 4) is 6.07 Å². The summed E-state index contributed by atoms with van der Waals surface area (Å²) in [6, 6.07) is 2.96. The summed E-state index contributed by atoms with van der Waals surface area (Å²) < 4.78 is 41.8. The molecule has 4 nitrogen and oxygen atoms in total. The van der Waals surface area contributed by atoms with E-state index in [4.69, 9.17) is 5.26 Å². The predicted octanol–water partition coefficient (Wildman–Crippen LogP) is 2.15. The molecule has 90 valence electrons. The van der Waals surface area contributed by atoms with Gasteiger partial charge in [-0.25, -0.2) is 9.78 Å². The van der Waals surface area contributed by atoms with E-state index in [9.17, 15) is 18.0 Å². The Kier molecular flexibility index (Phi) is 3.68. The number of nitrogens with zero attached hydrogens (tertiary/aromatic N) is 2. The third-order valence-corrected chi connectivity index (χ3v) is 1.74. The monoisotopic (exact) mass is 244 g/mol. The maximum absolute atomic E-state index is 12.4. The molecule has 0 aromatic carbocycles. The Hall–Kier alpha value is -2.10. The number of alkyl halides is 3. The van der Waals surface area contributed by atoms with E-state index in [-0.39, 0.29) is 12.2 Å². The average molecular weight is 244 g/mol. The summed E-state index contributed by atoms with van der Waals surface area (Å²) in [5.41, 5.74) is -2.12. The van der Waals surface area contributed by atoms with Crippen molar-refractivity contribution in [1.29, 1.82) is 5.26 Å². The number of ether oxygens (including phenoxy) is 1. The molecule has 0 N–H and O–H groups in total. The van der Waals surface area contributed by atoms with Gasteiger partial charge in [0.25, 0.3) is 0 Å². The van der Waals surface area contributed by atoms with E-state index in [0.717, 1.165) is 6.07 Å². The molecule has 1 rings (SSSR count). The van der Waals surface area contributed by atoms with Crippen LogP contribution in [0.1, 0.15) is 28.7 Å². The molecule has 1 heterocycles. The minimum absolute atomic E-state index is 0.0321. The van der Waals surface area contributed by atoms with E-state index in [1.54, 1.807) is 0 Å². The smallest absolute Gasteiger partial charge is 0.433 e. The van der Waals surface area contributed by atoms with E-state index >= 15 is 0 Å². The number of carbonyl (C=O) groups is 1. The van der Waals surface area contributed by atoms with E-state index in [1.807, 2.05) is 0 Å². The van der Waals surface area contributed by atoms with Gasteiger partial charge >= 0.3 is 12.1 Å². The summed E-state index contributed by atoms with van der Waals surface area (Å²) in [6.45, 7) is 1.55. The van der Waals surface area contributed by atoms with Crippen molar-refractivity contribution in [2.75, 3.05) is 6.61 Å². The van der Waals surface area contributed by atoms with Crippen LogP contribution in [-0.2, 0) is 10.9 Å². The molecule has 0 radical (unpaired) electrons. The number of esters is 1. The highest BCUT2D eigenvalue weighted by Gasteiger charge is 2.34. The van der Waals surface area contributed by atoms with Crippen LogP contribution in [0.4, 0.5) is 13.2 Å². The molecule has 17 heavy (non-hydrogen) atoms. The Morgan fingerprint density at radius 3 is 2.65 bits per heavy atom. The first-order valence-electron chi connectivity index (χ1n) is 4.55. The third-order valence-electron chi connectivity index (χ3n) is 1.74. The number of hydrogen-bond acceptors (Lipinski definition) is 4. The highest BCUT2D eigenvalue weighted by molar-refractivity contribution is 5.89. The average Bonchev–Trinajstić information content (AvgIpc) is 2.27. The van der Waals surface area contributed by atoms with Gasteiger partial charge in [0.05, 0.1) is 12.2 Å². The van der Waals surface area contributed by atoms with E-state index in [0.29, 0.717) is 6.07 Å². The van der Waals surface area contributed by atoms with Gasteiger partial charge in [0.1, 0.15) is 17.5 Å². The molecule has 1 aromatic heterocycles. The molecule has 0 amide bonds. The number of nitriles is 1. The van der Waals surface area contributed by atoms with Crippen molar-refractivity contribution in [3.63, 3.8) is 0 Å². The van der Waals surface area contributed by atoms with Crippen molar-refractivity contribution in [2.45, 2.75) is 13.1 Å². The van der Waals surface area contributed by atoms with Crippen molar-refractivity contribution >= 4 is 5.97 Å². The van der Waals surface area contributed by atoms with Crippen LogP contribution in [0.25, 0.3) is 0 Å². The molecule has 0 saturated heterocycles. The minimum atomic E-state index is -4.71. The van der Waals surface area contributed by atoms with Gasteiger partial charge in [0, 0.05) is 0 Å². The van der Waals surface area contributed by atoms with Crippen LogP contribution in [0.15, 0.2) is 12.1 Å². The SMILES string of the molecule is CCOC(=O)c1cc(C#N)nc(C(F)(F)F)c1. The van der Waals surface area contributed by atoms with Crippen LogP contribution in [0.2, 0.25) is 0 Å². The minimum Gasteiger partial charge on any atom is -0.462 e. The molecular formula is C10H7F3N2O2. The number of pyridine rings is 1. The topological polar surface area (TPSA) is 63.0 Å². The fourth-order valence-corrected chi connectivity index (χ4v) is 1.07. The zero-order chi connectivity index (χ0) is 13.1. The maximum atomic E-state index is 12.4. The Morgan fingerprint density at radius 2 is 2.18 bits per heavy atom. The highest BCUT2D eigenvalue weighted by Crippen LogP contribution is 2.28. The first kappa shape index (κ1) is 13.0. The number of carbonyl (C=O) groups excluding carboxylic acids is 1. The Morgan fingerprint density at radius 1 is 1.53 bits per heavy atom. The van der Waals surface area contributed by atoms with E-state index in [1.165, 1.54) is 13.0 Å². The molecule has 0 atom stereocenters. The molecule has 0 bridgehead atoms. The normalized spacial score (nSPS) is 10.8. The standard InChI is InChI=1S/C10H7F3N2O2/c1-2-17-9(16)6-3-7(5-14)15-8(4-6)10(11,12)13/h3-4H,2H2,1H3. The first-order chi connectivity index (χ1) is 7.88. The van der Waals surface area contributed by atoms with Gasteiger partial charge in [-0.2, -0.15) is 18.4 Å². The number of halogens is 3. The highest BCUT2D eigenvalue weighted by atomic mass is 19.4. The maximum Gasteiger partial charge on any atom is 0.433 e. The van der Waals surface area contributed by atoms with Crippen LogP contribution in [0.3, 0.4) is 0 Å². The van der Waals surface area contributed by atoms with Crippen molar-refractivity contribution < 1.29 is 22.7 Å². The molecule has 0 spiro atoms. The van der Waals surface area contributed by atoms with Crippen LogP contribution in [-0.4, -0.2) is 17.6 Å². The molecular weight excluding hydrogens is 237 g/mol. The molecule has 7 heteroatoms.